The van der Waals surface area contributed by atoms with Gasteiger partial charge in [0.2, 0.25) is 0 Å². The molecule has 0 atom stereocenters. The third-order valence-electron chi connectivity index (χ3n) is 6.59. The van der Waals surface area contributed by atoms with Crippen molar-refractivity contribution in [2.24, 2.45) is 0 Å². The van der Waals surface area contributed by atoms with Gasteiger partial charge in [0.05, 0.1) is 0 Å². The van der Waals surface area contributed by atoms with Gasteiger partial charge in [-0.05, 0) is 35.4 Å². The minimum absolute atomic E-state index is 0.835. The zero-order valence-corrected chi connectivity index (χ0v) is 23.0. The molecule has 2 aliphatic heterocycles. The SMILES string of the molecule is Clc1cccc(CN2CCN(CCSSCCN3CCN(Cc4cccc(Cl)c4)CC3)CC2)c1. The third kappa shape index (κ3) is 9.21. The number of benzene rings is 2. The summed E-state index contributed by atoms with van der Waals surface area (Å²) in [6.07, 6.45) is 0. The molecule has 186 valence electrons. The van der Waals surface area contributed by atoms with Crippen molar-refractivity contribution in [2.45, 2.75) is 13.1 Å². The van der Waals surface area contributed by atoms with Gasteiger partial charge in [0.15, 0.2) is 0 Å². The molecule has 0 bridgehead atoms. The van der Waals surface area contributed by atoms with Crippen LogP contribution in [0.3, 0.4) is 0 Å². The van der Waals surface area contributed by atoms with E-state index in [0.717, 1.165) is 49.3 Å². The molecular formula is C26H36Cl2N4S2. The number of hydrogen-bond acceptors (Lipinski definition) is 6. The summed E-state index contributed by atoms with van der Waals surface area (Å²) >= 11 is 12.2. The minimum atomic E-state index is 0.835. The molecule has 0 saturated carbocycles. The van der Waals surface area contributed by atoms with Crippen molar-refractivity contribution in [3.63, 3.8) is 0 Å². The molecule has 0 spiro atoms. The van der Waals surface area contributed by atoms with Gasteiger partial charge < -0.3 is 0 Å². The molecule has 8 heteroatoms. The molecule has 2 saturated heterocycles. The summed E-state index contributed by atoms with van der Waals surface area (Å²) in [7, 11) is 4.08. The van der Waals surface area contributed by atoms with E-state index in [1.807, 2.05) is 45.9 Å². The third-order valence-corrected chi connectivity index (χ3v) is 9.42. The lowest BCUT2D eigenvalue weighted by Gasteiger charge is -2.35. The molecule has 0 aliphatic carbocycles. The summed E-state index contributed by atoms with van der Waals surface area (Å²) in [5.41, 5.74) is 2.63. The van der Waals surface area contributed by atoms with Crippen LogP contribution in [0.5, 0.6) is 0 Å². The number of rotatable bonds is 11. The first-order valence-electron chi connectivity index (χ1n) is 12.3. The zero-order valence-electron chi connectivity index (χ0n) is 19.9. The van der Waals surface area contributed by atoms with Crippen LogP contribution in [0.4, 0.5) is 0 Å². The van der Waals surface area contributed by atoms with Gasteiger partial charge in [0, 0.05) is 100 Å². The van der Waals surface area contributed by atoms with Crippen molar-refractivity contribution in [1.29, 1.82) is 0 Å². The second-order valence-corrected chi connectivity index (χ2v) is 12.7. The second-order valence-electron chi connectivity index (χ2n) is 9.14. The van der Waals surface area contributed by atoms with E-state index in [-0.39, 0.29) is 0 Å². The van der Waals surface area contributed by atoms with Crippen molar-refractivity contribution in [1.82, 2.24) is 19.6 Å². The van der Waals surface area contributed by atoms with Crippen LogP contribution >= 0.6 is 44.8 Å². The number of piperazine rings is 2. The molecule has 0 radical (unpaired) electrons. The maximum Gasteiger partial charge on any atom is 0.0409 e. The fourth-order valence-electron chi connectivity index (χ4n) is 4.58. The predicted octanol–water partition coefficient (Wildman–Crippen LogP) is 5.31. The lowest BCUT2D eigenvalue weighted by Crippen LogP contribution is -2.46. The van der Waals surface area contributed by atoms with Gasteiger partial charge in [0.1, 0.15) is 0 Å². The first-order chi connectivity index (χ1) is 16.6. The molecule has 2 aliphatic rings. The highest BCUT2D eigenvalue weighted by Gasteiger charge is 2.18. The van der Waals surface area contributed by atoms with Gasteiger partial charge >= 0.3 is 0 Å². The lowest BCUT2D eigenvalue weighted by molar-refractivity contribution is 0.132. The zero-order chi connectivity index (χ0) is 23.6. The summed E-state index contributed by atoms with van der Waals surface area (Å²) in [5, 5.41) is 1.67. The van der Waals surface area contributed by atoms with Crippen LogP contribution in [0, 0.1) is 0 Å². The van der Waals surface area contributed by atoms with E-state index in [0.29, 0.717) is 0 Å². The van der Waals surface area contributed by atoms with E-state index < -0.39 is 0 Å². The Morgan fingerprint density at radius 2 is 0.941 bits per heavy atom. The standard InChI is InChI=1S/C26H36Cl2N4S2/c27-25-5-1-3-23(19-25)21-31-11-7-29(8-12-31)15-17-33-34-18-16-30-9-13-32(14-10-30)22-24-4-2-6-26(28)20-24/h1-6,19-20H,7-18,21-22H2. The van der Waals surface area contributed by atoms with Crippen LogP contribution in [0.15, 0.2) is 48.5 Å². The van der Waals surface area contributed by atoms with E-state index in [1.54, 1.807) is 0 Å². The first kappa shape index (κ1) is 26.6. The highest BCUT2D eigenvalue weighted by molar-refractivity contribution is 8.76. The van der Waals surface area contributed by atoms with Gasteiger partial charge in [0.25, 0.3) is 0 Å². The summed E-state index contributed by atoms with van der Waals surface area (Å²) in [6, 6.07) is 16.5. The van der Waals surface area contributed by atoms with Gasteiger partial charge in [-0.1, -0.05) is 69.1 Å². The molecule has 0 aromatic heterocycles. The Morgan fingerprint density at radius 3 is 1.32 bits per heavy atom. The first-order valence-corrected chi connectivity index (χ1v) is 15.5. The average molecular weight is 540 g/mol. The molecule has 4 rings (SSSR count). The lowest BCUT2D eigenvalue weighted by atomic mass is 10.2. The predicted molar refractivity (Wildman–Crippen MR) is 151 cm³/mol. The number of hydrogen-bond donors (Lipinski definition) is 0. The maximum absolute atomic E-state index is 6.12. The largest absolute Gasteiger partial charge is 0.300 e. The fraction of sp³-hybridized carbons (Fsp3) is 0.538. The van der Waals surface area contributed by atoms with Crippen LogP contribution in [0.25, 0.3) is 0 Å². The van der Waals surface area contributed by atoms with Crippen LogP contribution in [0.1, 0.15) is 11.1 Å². The van der Waals surface area contributed by atoms with Crippen LogP contribution in [0.2, 0.25) is 10.0 Å². The molecule has 2 fully saturated rings. The van der Waals surface area contributed by atoms with Crippen LogP contribution < -0.4 is 0 Å². The van der Waals surface area contributed by atoms with E-state index in [1.165, 1.54) is 61.9 Å². The van der Waals surface area contributed by atoms with Gasteiger partial charge in [-0.25, -0.2) is 0 Å². The van der Waals surface area contributed by atoms with E-state index in [4.69, 9.17) is 23.2 Å². The molecule has 4 nitrogen and oxygen atoms in total. The second kappa shape index (κ2) is 14.3. The Morgan fingerprint density at radius 1 is 0.559 bits per heavy atom. The van der Waals surface area contributed by atoms with Gasteiger partial charge in [-0.15, -0.1) is 0 Å². The van der Waals surface area contributed by atoms with Crippen molar-refractivity contribution in [2.75, 3.05) is 77.0 Å². The van der Waals surface area contributed by atoms with E-state index >= 15 is 0 Å². The topological polar surface area (TPSA) is 13.0 Å². The molecule has 2 aromatic carbocycles. The molecule has 0 N–H and O–H groups in total. The fourth-order valence-corrected chi connectivity index (χ4v) is 7.06. The maximum atomic E-state index is 6.12. The monoisotopic (exact) mass is 538 g/mol. The van der Waals surface area contributed by atoms with Crippen molar-refractivity contribution in [3.05, 3.63) is 69.7 Å². The quantitative estimate of drug-likeness (QED) is 0.282. The van der Waals surface area contributed by atoms with Crippen molar-refractivity contribution < 1.29 is 0 Å². The molecule has 0 amide bonds. The molecule has 34 heavy (non-hydrogen) atoms. The highest BCUT2D eigenvalue weighted by atomic mass is 35.5. The Bertz CT molecular complexity index is 800. The van der Waals surface area contributed by atoms with Crippen molar-refractivity contribution in [3.8, 4) is 0 Å². The Labute approximate surface area is 223 Å². The molecule has 0 unspecified atom stereocenters. The molecule has 2 heterocycles. The Kier molecular flexibility index (Phi) is 11.2. The number of halogens is 2. The summed E-state index contributed by atoms with van der Waals surface area (Å²) < 4.78 is 0. The Balaban J connectivity index is 1.00. The molecule has 2 aromatic rings. The van der Waals surface area contributed by atoms with E-state index in [2.05, 4.69) is 43.9 Å². The minimum Gasteiger partial charge on any atom is -0.300 e. The van der Waals surface area contributed by atoms with Crippen LogP contribution in [-0.2, 0) is 13.1 Å². The van der Waals surface area contributed by atoms with Crippen LogP contribution in [-0.4, -0.2) is 96.6 Å². The van der Waals surface area contributed by atoms with Gasteiger partial charge in [-0.3, -0.25) is 19.6 Å². The summed E-state index contributed by atoms with van der Waals surface area (Å²) in [4.78, 5) is 10.3. The summed E-state index contributed by atoms with van der Waals surface area (Å²) in [5.74, 6) is 2.43. The average Bonchev–Trinajstić information content (AvgIpc) is 2.83. The summed E-state index contributed by atoms with van der Waals surface area (Å²) in [6.45, 7) is 13.7. The smallest absolute Gasteiger partial charge is 0.0409 e. The van der Waals surface area contributed by atoms with Crippen molar-refractivity contribution >= 4 is 44.8 Å². The molecular weight excluding hydrogens is 503 g/mol. The normalized spacial score (nSPS) is 19.0. The van der Waals surface area contributed by atoms with Gasteiger partial charge in [-0.2, -0.15) is 0 Å². The Hall–Kier alpha value is -0.440. The highest BCUT2D eigenvalue weighted by Crippen LogP contribution is 2.22. The van der Waals surface area contributed by atoms with E-state index in [9.17, 15) is 0 Å². The number of nitrogens with zero attached hydrogens (tertiary/aromatic N) is 4.